The first-order valence-electron chi connectivity index (χ1n) is 8.74. The van der Waals surface area contributed by atoms with Gasteiger partial charge in [-0.25, -0.2) is 4.98 Å². The van der Waals surface area contributed by atoms with Crippen molar-refractivity contribution >= 4 is 17.4 Å². The van der Waals surface area contributed by atoms with Crippen molar-refractivity contribution in [3.63, 3.8) is 0 Å². The SMILES string of the molecule is Cc1ccc(-n2c(Sc3ccc([N+](=O)[O-])cn3)nnc2-c2cccnc2)c(C)c1. The van der Waals surface area contributed by atoms with Gasteiger partial charge < -0.3 is 0 Å². The Morgan fingerprint density at radius 3 is 2.59 bits per heavy atom. The lowest BCUT2D eigenvalue weighted by atomic mass is 10.1. The van der Waals surface area contributed by atoms with Gasteiger partial charge in [-0.15, -0.1) is 10.2 Å². The van der Waals surface area contributed by atoms with Crippen molar-refractivity contribution < 1.29 is 4.92 Å². The van der Waals surface area contributed by atoms with Gasteiger partial charge in [0.25, 0.3) is 5.69 Å². The van der Waals surface area contributed by atoms with Crippen molar-refractivity contribution in [2.75, 3.05) is 0 Å². The minimum atomic E-state index is -0.472. The number of benzene rings is 1. The van der Waals surface area contributed by atoms with Crippen LogP contribution in [0.5, 0.6) is 0 Å². The molecule has 0 radical (unpaired) electrons. The molecular weight excluding hydrogens is 388 g/mol. The van der Waals surface area contributed by atoms with Crippen LogP contribution in [0.3, 0.4) is 0 Å². The highest BCUT2D eigenvalue weighted by atomic mass is 32.2. The zero-order chi connectivity index (χ0) is 20.4. The maximum absolute atomic E-state index is 10.9. The molecule has 144 valence electrons. The van der Waals surface area contributed by atoms with E-state index in [1.807, 2.05) is 42.7 Å². The molecule has 0 N–H and O–H groups in total. The predicted octanol–water partition coefficient (Wildman–Crippen LogP) is 4.40. The summed E-state index contributed by atoms with van der Waals surface area (Å²) < 4.78 is 1.96. The summed E-state index contributed by atoms with van der Waals surface area (Å²) in [6, 6.07) is 13.0. The largest absolute Gasteiger partial charge is 0.287 e. The lowest BCUT2D eigenvalue weighted by Crippen LogP contribution is -2.02. The van der Waals surface area contributed by atoms with Gasteiger partial charge in [0.1, 0.15) is 11.2 Å². The van der Waals surface area contributed by atoms with Crippen LogP contribution in [0.1, 0.15) is 11.1 Å². The molecule has 0 aliphatic carbocycles. The van der Waals surface area contributed by atoms with Gasteiger partial charge >= 0.3 is 0 Å². The molecule has 0 saturated carbocycles. The van der Waals surface area contributed by atoms with Gasteiger partial charge in [-0.05, 0) is 55.4 Å². The van der Waals surface area contributed by atoms with E-state index in [1.165, 1.54) is 24.0 Å². The average Bonchev–Trinajstić information content (AvgIpc) is 3.12. The van der Waals surface area contributed by atoms with Crippen molar-refractivity contribution in [2.45, 2.75) is 24.0 Å². The van der Waals surface area contributed by atoms with Crippen molar-refractivity contribution in [1.29, 1.82) is 0 Å². The Kier molecular flexibility index (Phi) is 5.05. The van der Waals surface area contributed by atoms with E-state index in [0.717, 1.165) is 22.4 Å². The molecule has 3 heterocycles. The zero-order valence-corrected chi connectivity index (χ0v) is 16.5. The summed E-state index contributed by atoms with van der Waals surface area (Å²) in [7, 11) is 0. The van der Waals surface area contributed by atoms with Crippen molar-refractivity contribution in [3.8, 4) is 17.1 Å². The molecule has 0 fully saturated rings. The quantitative estimate of drug-likeness (QED) is 0.359. The molecule has 9 heteroatoms. The predicted molar refractivity (Wildman–Crippen MR) is 109 cm³/mol. The van der Waals surface area contributed by atoms with Crippen LogP contribution >= 0.6 is 11.8 Å². The second-order valence-electron chi connectivity index (χ2n) is 6.39. The lowest BCUT2D eigenvalue weighted by Gasteiger charge is -2.13. The van der Waals surface area contributed by atoms with Crippen LogP contribution in [0.25, 0.3) is 17.1 Å². The van der Waals surface area contributed by atoms with E-state index >= 15 is 0 Å². The van der Waals surface area contributed by atoms with E-state index < -0.39 is 4.92 Å². The molecule has 0 bridgehead atoms. The molecular formula is C20H16N6O2S. The van der Waals surface area contributed by atoms with Crippen LogP contribution in [-0.2, 0) is 0 Å². The molecule has 0 unspecified atom stereocenters. The van der Waals surface area contributed by atoms with Gasteiger partial charge in [0.05, 0.1) is 10.6 Å². The Morgan fingerprint density at radius 1 is 1.07 bits per heavy atom. The smallest absolute Gasteiger partial charge is 0.269 e. The van der Waals surface area contributed by atoms with Crippen molar-refractivity contribution in [1.82, 2.24) is 24.7 Å². The molecule has 8 nitrogen and oxygen atoms in total. The highest BCUT2D eigenvalue weighted by Gasteiger charge is 2.19. The molecule has 0 atom stereocenters. The van der Waals surface area contributed by atoms with Gasteiger partial charge in [-0.3, -0.25) is 19.7 Å². The van der Waals surface area contributed by atoms with E-state index in [1.54, 1.807) is 18.5 Å². The minimum absolute atomic E-state index is 0.0544. The summed E-state index contributed by atoms with van der Waals surface area (Å²) in [6.07, 6.45) is 4.68. The van der Waals surface area contributed by atoms with Crippen LogP contribution in [0, 0.1) is 24.0 Å². The lowest BCUT2D eigenvalue weighted by molar-refractivity contribution is -0.385. The standard InChI is InChI=1S/C20H16N6O2S/c1-13-5-7-17(14(2)10-13)25-19(15-4-3-9-21-11-15)23-24-20(25)29-18-8-6-16(12-22-18)26(27)28/h3-12H,1-2H3. The number of aryl methyl sites for hydroxylation is 2. The molecule has 0 aliphatic heterocycles. The molecule has 0 aliphatic rings. The molecule has 29 heavy (non-hydrogen) atoms. The van der Waals surface area contributed by atoms with E-state index in [2.05, 4.69) is 26.2 Å². The fourth-order valence-electron chi connectivity index (χ4n) is 2.93. The number of rotatable bonds is 5. The number of pyridine rings is 2. The van der Waals surface area contributed by atoms with Gasteiger partial charge in [0.15, 0.2) is 5.82 Å². The number of hydrogen-bond acceptors (Lipinski definition) is 7. The summed E-state index contributed by atoms with van der Waals surface area (Å²) >= 11 is 1.29. The third kappa shape index (κ3) is 3.85. The number of aromatic nitrogens is 5. The Bertz CT molecular complexity index is 1180. The number of nitro groups is 1. The first-order valence-corrected chi connectivity index (χ1v) is 9.56. The third-order valence-electron chi connectivity index (χ3n) is 4.27. The molecule has 3 aromatic heterocycles. The maximum Gasteiger partial charge on any atom is 0.287 e. The van der Waals surface area contributed by atoms with Gasteiger partial charge in [-0.1, -0.05) is 17.7 Å². The van der Waals surface area contributed by atoms with Gasteiger partial charge in [-0.2, -0.15) is 0 Å². The summed E-state index contributed by atoms with van der Waals surface area (Å²) in [5.74, 6) is 0.662. The summed E-state index contributed by atoms with van der Waals surface area (Å²) in [5, 5.41) is 20.8. The van der Waals surface area contributed by atoms with Gasteiger partial charge in [0.2, 0.25) is 5.16 Å². The van der Waals surface area contributed by atoms with Crippen LogP contribution in [0.4, 0.5) is 5.69 Å². The Hall–Kier alpha value is -3.59. The first kappa shape index (κ1) is 18.8. The minimum Gasteiger partial charge on any atom is -0.269 e. The number of hydrogen-bond donors (Lipinski definition) is 0. The average molecular weight is 404 g/mol. The van der Waals surface area contributed by atoms with Crippen molar-refractivity contribution in [3.05, 3.63) is 82.3 Å². The second-order valence-corrected chi connectivity index (χ2v) is 7.37. The highest BCUT2D eigenvalue weighted by Crippen LogP contribution is 2.32. The Morgan fingerprint density at radius 2 is 1.93 bits per heavy atom. The van der Waals surface area contributed by atoms with Crippen LogP contribution in [-0.4, -0.2) is 29.7 Å². The molecule has 0 spiro atoms. The first-order chi connectivity index (χ1) is 14.0. The monoisotopic (exact) mass is 404 g/mol. The molecule has 4 rings (SSSR count). The summed E-state index contributed by atoms with van der Waals surface area (Å²) in [6.45, 7) is 4.08. The second kappa shape index (κ2) is 7.80. The molecule has 0 amide bonds. The normalized spacial score (nSPS) is 10.8. The van der Waals surface area contributed by atoms with E-state index in [-0.39, 0.29) is 5.69 Å². The molecule has 0 saturated heterocycles. The summed E-state index contributed by atoms with van der Waals surface area (Å²) in [4.78, 5) is 18.8. The summed E-state index contributed by atoms with van der Waals surface area (Å²) in [5.41, 5.74) is 3.97. The molecule has 1 aromatic carbocycles. The fourth-order valence-corrected chi connectivity index (χ4v) is 3.71. The van der Waals surface area contributed by atoms with Crippen LogP contribution in [0.2, 0.25) is 0 Å². The maximum atomic E-state index is 10.9. The van der Waals surface area contributed by atoms with E-state index in [9.17, 15) is 10.1 Å². The van der Waals surface area contributed by atoms with Crippen molar-refractivity contribution in [2.24, 2.45) is 0 Å². The fraction of sp³-hybridized carbons (Fsp3) is 0.100. The van der Waals surface area contributed by atoms with Crippen LogP contribution < -0.4 is 0 Å². The zero-order valence-electron chi connectivity index (χ0n) is 15.7. The van der Waals surface area contributed by atoms with Gasteiger partial charge in [0, 0.05) is 24.0 Å². The molecule has 4 aromatic rings. The highest BCUT2D eigenvalue weighted by molar-refractivity contribution is 7.99. The van der Waals surface area contributed by atoms with E-state index in [4.69, 9.17) is 0 Å². The number of nitrogens with zero attached hydrogens (tertiary/aromatic N) is 6. The van der Waals surface area contributed by atoms with E-state index in [0.29, 0.717) is 16.0 Å². The topological polar surface area (TPSA) is 99.6 Å². The Balaban J connectivity index is 1.82. The van der Waals surface area contributed by atoms with Crippen LogP contribution in [0.15, 0.2) is 71.2 Å². The Labute approximate surface area is 170 Å². The third-order valence-corrected chi connectivity index (χ3v) is 5.17.